The first-order valence-electron chi connectivity index (χ1n) is 8.59. The van der Waals surface area contributed by atoms with E-state index in [1.54, 1.807) is 12.1 Å². The van der Waals surface area contributed by atoms with E-state index in [9.17, 15) is 9.59 Å². The van der Waals surface area contributed by atoms with Gasteiger partial charge in [-0.05, 0) is 44.7 Å². The Labute approximate surface area is 141 Å². The van der Waals surface area contributed by atoms with E-state index in [1.165, 1.54) is 0 Å². The van der Waals surface area contributed by atoms with E-state index in [-0.39, 0.29) is 17.9 Å². The molecule has 0 bridgehead atoms. The van der Waals surface area contributed by atoms with E-state index in [0.29, 0.717) is 37.4 Å². The zero-order chi connectivity index (χ0) is 17.0. The quantitative estimate of drug-likeness (QED) is 0.750. The van der Waals surface area contributed by atoms with Gasteiger partial charge in [0.25, 0.3) is 0 Å². The molecule has 2 fully saturated rings. The fourth-order valence-corrected chi connectivity index (χ4v) is 2.96. The van der Waals surface area contributed by atoms with Crippen molar-refractivity contribution >= 4 is 17.5 Å². The molecule has 1 unspecified atom stereocenters. The zero-order valence-corrected chi connectivity index (χ0v) is 14.0. The lowest BCUT2D eigenvalue weighted by atomic mass is 10.0. The molecule has 24 heavy (non-hydrogen) atoms. The van der Waals surface area contributed by atoms with E-state index in [1.807, 2.05) is 19.1 Å². The van der Waals surface area contributed by atoms with Gasteiger partial charge in [-0.1, -0.05) is 12.1 Å². The lowest BCUT2D eigenvalue weighted by Gasteiger charge is -2.18. The van der Waals surface area contributed by atoms with Crippen molar-refractivity contribution in [3.63, 3.8) is 0 Å². The van der Waals surface area contributed by atoms with Crippen LogP contribution in [-0.2, 0) is 14.3 Å². The predicted octanol–water partition coefficient (Wildman–Crippen LogP) is 2.10. The minimum Gasteiger partial charge on any atom is -0.492 e. The maximum atomic E-state index is 12.6. The minimum atomic E-state index is -0.946. The summed E-state index contributed by atoms with van der Waals surface area (Å²) in [6, 6.07) is 7.26. The summed E-state index contributed by atoms with van der Waals surface area (Å²) in [7, 11) is 0. The number of rotatable bonds is 7. The Hall–Kier alpha value is -2.08. The highest BCUT2D eigenvalue weighted by atomic mass is 16.5. The molecule has 1 aromatic rings. The number of ether oxygens (including phenoxy) is 2. The van der Waals surface area contributed by atoms with Gasteiger partial charge in [-0.15, -0.1) is 0 Å². The second-order valence-electron chi connectivity index (χ2n) is 6.31. The summed E-state index contributed by atoms with van der Waals surface area (Å²) in [5.74, 6) is 0.146. The largest absolute Gasteiger partial charge is 0.492 e. The van der Waals surface area contributed by atoms with E-state index < -0.39 is 5.41 Å². The maximum Gasteiger partial charge on any atom is 0.240 e. The molecule has 1 aliphatic carbocycles. The lowest BCUT2D eigenvalue weighted by molar-refractivity contribution is -0.134. The molecule has 1 heterocycles. The van der Waals surface area contributed by atoms with Crippen LogP contribution >= 0.6 is 0 Å². The number of carbonyl (C=O) groups is 2. The highest BCUT2D eigenvalue weighted by molar-refractivity contribution is 6.13. The number of hydrogen-bond donors (Lipinski definition) is 2. The van der Waals surface area contributed by atoms with Crippen LogP contribution in [0, 0.1) is 5.41 Å². The number of anilines is 1. The second-order valence-corrected chi connectivity index (χ2v) is 6.31. The molecule has 2 amide bonds. The van der Waals surface area contributed by atoms with Crippen LogP contribution in [-0.4, -0.2) is 37.7 Å². The highest BCUT2D eigenvalue weighted by Gasteiger charge is 2.56. The predicted molar refractivity (Wildman–Crippen MR) is 89.9 cm³/mol. The average molecular weight is 332 g/mol. The van der Waals surface area contributed by atoms with Crippen LogP contribution in [0.2, 0.25) is 0 Å². The third kappa shape index (κ3) is 3.53. The summed E-state index contributed by atoms with van der Waals surface area (Å²) in [5, 5.41) is 5.73. The molecule has 0 radical (unpaired) electrons. The first kappa shape index (κ1) is 16.8. The molecule has 1 saturated carbocycles. The third-order valence-corrected chi connectivity index (χ3v) is 4.57. The summed E-state index contributed by atoms with van der Waals surface area (Å²) < 4.78 is 11.0. The zero-order valence-electron chi connectivity index (χ0n) is 14.0. The molecular formula is C18H24N2O4. The van der Waals surface area contributed by atoms with Crippen molar-refractivity contribution in [2.24, 2.45) is 5.41 Å². The van der Waals surface area contributed by atoms with Gasteiger partial charge in [-0.25, -0.2) is 0 Å². The number of benzene rings is 1. The fraction of sp³-hybridized carbons (Fsp3) is 0.556. The Morgan fingerprint density at radius 3 is 2.75 bits per heavy atom. The molecule has 2 aliphatic rings. The Kier molecular flexibility index (Phi) is 5.04. The minimum absolute atomic E-state index is 0.0755. The van der Waals surface area contributed by atoms with Crippen molar-refractivity contribution in [2.45, 2.75) is 38.7 Å². The van der Waals surface area contributed by atoms with E-state index in [2.05, 4.69) is 10.6 Å². The third-order valence-electron chi connectivity index (χ3n) is 4.57. The molecule has 1 aromatic carbocycles. The molecule has 6 heteroatoms. The van der Waals surface area contributed by atoms with Gasteiger partial charge in [-0.3, -0.25) is 9.59 Å². The van der Waals surface area contributed by atoms with Crippen molar-refractivity contribution in [1.29, 1.82) is 0 Å². The normalized spacial score (nSPS) is 21.1. The Morgan fingerprint density at radius 2 is 2.08 bits per heavy atom. The van der Waals surface area contributed by atoms with Crippen LogP contribution in [0.5, 0.6) is 5.75 Å². The summed E-state index contributed by atoms with van der Waals surface area (Å²) in [5.41, 5.74) is -0.347. The van der Waals surface area contributed by atoms with Gasteiger partial charge in [0, 0.05) is 13.2 Å². The van der Waals surface area contributed by atoms with Crippen LogP contribution in [0.15, 0.2) is 24.3 Å². The first-order chi connectivity index (χ1) is 11.7. The summed E-state index contributed by atoms with van der Waals surface area (Å²) >= 11 is 0. The molecule has 3 rings (SSSR count). The number of hydrogen-bond acceptors (Lipinski definition) is 4. The molecule has 1 saturated heterocycles. The maximum absolute atomic E-state index is 12.6. The van der Waals surface area contributed by atoms with E-state index >= 15 is 0 Å². The average Bonchev–Trinajstić information content (AvgIpc) is 3.24. The number of para-hydroxylation sites is 2. The smallest absolute Gasteiger partial charge is 0.240 e. The highest BCUT2D eigenvalue weighted by Crippen LogP contribution is 2.47. The van der Waals surface area contributed by atoms with Gasteiger partial charge in [0.1, 0.15) is 11.2 Å². The molecule has 0 spiro atoms. The van der Waals surface area contributed by atoms with E-state index in [4.69, 9.17) is 9.47 Å². The van der Waals surface area contributed by atoms with Gasteiger partial charge < -0.3 is 20.1 Å². The Bertz CT molecular complexity index is 607. The monoisotopic (exact) mass is 332 g/mol. The van der Waals surface area contributed by atoms with Crippen LogP contribution in [0.1, 0.15) is 32.6 Å². The lowest BCUT2D eigenvalue weighted by Crippen LogP contribution is -2.42. The first-order valence-corrected chi connectivity index (χ1v) is 8.59. The van der Waals surface area contributed by atoms with Gasteiger partial charge in [0.2, 0.25) is 11.8 Å². The molecule has 6 nitrogen and oxygen atoms in total. The van der Waals surface area contributed by atoms with Gasteiger partial charge in [-0.2, -0.15) is 0 Å². The van der Waals surface area contributed by atoms with Crippen molar-refractivity contribution < 1.29 is 19.1 Å². The molecule has 0 aromatic heterocycles. The van der Waals surface area contributed by atoms with Crippen LogP contribution < -0.4 is 15.4 Å². The van der Waals surface area contributed by atoms with Crippen molar-refractivity contribution in [3.05, 3.63) is 24.3 Å². The standard InChI is InChI=1S/C18H24N2O4/c1-2-23-15-8-4-3-7-14(15)20-17(22)18(9-10-18)16(21)19-12-13-6-5-11-24-13/h3-4,7-8,13H,2,5-6,9-12H2,1H3,(H,19,21)(H,20,22). The molecule has 1 atom stereocenters. The number of amides is 2. The molecule has 1 aliphatic heterocycles. The van der Waals surface area contributed by atoms with Gasteiger partial charge in [0.05, 0.1) is 18.4 Å². The number of carbonyl (C=O) groups excluding carboxylic acids is 2. The Balaban J connectivity index is 1.60. The molecule has 130 valence electrons. The molecule has 2 N–H and O–H groups in total. The topological polar surface area (TPSA) is 76.7 Å². The van der Waals surface area contributed by atoms with Crippen LogP contribution in [0.25, 0.3) is 0 Å². The van der Waals surface area contributed by atoms with Crippen molar-refractivity contribution in [1.82, 2.24) is 5.32 Å². The SMILES string of the molecule is CCOc1ccccc1NC(=O)C1(C(=O)NCC2CCCO2)CC1. The second kappa shape index (κ2) is 7.21. The van der Waals surface area contributed by atoms with Crippen molar-refractivity contribution in [2.75, 3.05) is 25.1 Å². The van der Waals surface area contributed by atoms with E-state index in [0.717, 1.165) is 19.4 Å². The van der Waals surface area contributed by atoms with Crippen LogP contribution in [0.3, 0.4) is 0 Å². The summed E-state index contributed by atoms with van der Waals surface area (Å²) in [4.78, 5) is 25.1. The molecular weight excluding hydrogens is 308 g/mol. The summed E-state index contributed by atoms with van der Waals surface area (Å²) in [6.07, 6.45) is 3.22. The van der Waals surface area contributed by atoms with Gasteiger partial charge in [0.15, 0.2) is 0 Å². The van der Waals surface area contributed by atoms with Crippen molar-refractivity contribution in [3.8, 4) is 5.75 Å². The van der Waals surface area contributed by atoms with Crippen LogP contribution in [0.4, 0.5) is 5.69 Å². The Morgan fingerprint density at radius 1 is 1.29 bits per heavy atom. The summed E-state index contributed by atoms with van der Waals surface area (Å²) in [6.45, 7) is 3.63. The number of nitrogens with one attached hydrogen (secondary N) is 2. The fourth-order valence-electron chi connectivity index (χ4n) is 2.96. The van der Waals surface area contributed by atoms with Gasteiger partial charge >= 0.3 is 0 Å².